The number of hydrogen-bond donors (Lipinski definition) is 4. The first kappa shape index (κ1) is 55.6. The van der Waals surface area contributed by atoms with Gasteiger partial charge in [0.1, 0.15) is 64.3 Å². The molecule has 0 unspecified atom stereocenters. The minimum atomic E-state index is -0.975. The van der Waals surface area contributed by atoms with Gasteiger partial charge in [0, 0.05) is 50.7 Å². The van der Waals surface area contributed by atoms with E-state index >= 15 is 0 Å². The van der Waals surface area contributed by atoms with Crippen molar-refractivity contribution in [3.05, 3.63) is 210 Å². The quantitative estimate of drug-likeness (QED) is 0.0817. The lowest BCUT2D eigenvalue weighted by Crippen LogP contribution is -2.09. The van der Waals surface area contributed by atoms with Gasteiger partial charge in [0.2, 0.25) is 0 Å². The summed E-state index contributed by atoms with van der Waals surface area (Å²) in [6.45, 7) is 4.11. The second kappa shape index (κ2) is 25.4. The number of amides is 2. The number of aromatic carboxylic acids is 1. The Hall–Kier alpha value is -8.10. The molecule has 0 saturated carbocycles. The number of carboxylic acids is 1. The average Bonchev–Trinajstić information content (AvgIpc) is 4.23. The van der Waals surface area contributed by atoms with Crippen LogP contribution in [0.25, 0.3) is 66.3 Å². The number of halogens is 4. The smallest absolute Gasteiger partial charge is 0.342 e. The summed E-state index contributed by atoms with van der Waals surface area (Å²) in [7, 11) is 0. The van der Waals surface area contributed by atoms with Crippen molar-refractivity contribution in [2.45, 2.75) is 13.8 Å². The van der Waals surface area contributed by atoms with Crippen molar-refractivity contribution in [1.82, 2.24) is 4.98 Å². The van der Waals surface area contributed by atoms with E-state index < -0.39 is 17.8 Å². The summed E-state index contributed by atoms with van der Waals surface area (Å²) in [5.41, 5.74) is 19.9. The first-order valence-electron chi connectivity index (χ1n) is 22.4. The number of furan rings is 4. The van der Waals surface area contributed by atoms with Crippen LogP contribution >= 0.6 is 63.7 Å². The molecule has 11 aromatic rings. The van der Waals surface area contributed by atoms with Crippen LogP contribution in [-0.2, 0) is 4.74 Å². The predicted molar refractivity (Wildman–Crippen MR) is 303 cm³/mol. The molecule has 0 aliphatic carbocycles. The minimum Gasteiger partial charge on any atom is -0.507 e. The van der Waals surface area contributed by atoms with Crippen LogP contribution in [0.15, 0.2) is 194 Å². The molecular weight excluding hydrogens is 1240 g/mol. The summed E-state index contributed by atoms with van der Waals surface area (Å²) in [6.07, 6.45) is 6.07. The highest BCUT2D eigenvalue weighted by molar-refractivity contribution is 9.11. The first-order valence-corrected chi connectivity index (χ1v) is 25.6. The molecule has 0 atom stereocenters. The molecule has 384 valence electrons. The van der Waals surface area contributed by atoms with Crippen molar-refractivity contribution in [2.75, 3.05) is 6.61 Å². The number of nitrogens with zero attached hydrogens (tertiary/aromatic N) is 1. The lowest BCUT2D eigenvalue weighted by molar-refractivity contribution is 0.0526. The van der Waals surface area contributed by atoms with E-state index in [4.69, 9.17) is 44.1 Å². The number of rotatable bonds is 8. The molecule has 19 heteroatoms. The Labute approximate surface area is 466 Å². The number of carbonyl (C=O) groups excluding carboxylic acids is 4. The largest absolute Gasteiger partial charge is 0.507 e. The maximum absolute atomic E-state index is 11.6. The number of benzene rings is 6. The molecule has 5 heterocycles. The van der Waals surface area contributed by atoms with Crippen LogP contribution in [0.1, 0.15) is 64.4 Å². The van der Waals surface area contributed by atoms with Gasteiger partial charge >= 0.3 is 11.9 Å². The molecule has 2 amide bonds. The summed E-state index contributed by atoms with van der Waals surface area (Å²) in [6, 6.07) is 40.7. The number of aldehydes is 1. The van der Waals surface area contributed by atoms with E-state index in [2.05, 4.69) is 68.7 Å². The Morgan fingerprint density at radius 2 is 1.01 bits per heavy atom. The predicted octanol–water partition coefficient (Wildman–Crippen LogP) is 15.1. The number of aromatic hydroxyl groups is 1. The number of hydrogen-bond acceptors (Lipinski definition) is 12. The van der Waals surface area contributed by atoms with Gasteiger partial charge in [-0.05, 0) is 122 Å². The summed E-state index contributed by atoms with van der Waals surface area (Å²) in [5, 5.41) is 20.6. The van der Waals surface area contributed by atoms with Gasteiger partial charge in [0.15, 0.2) is 6.29 Å². The fraction of sp³-hybridized carbons (Fsp3) is 0.0526. The fourth-order valence-electron chi connectivity index (χ4n) is 7.39. The summed E-state index contributed by atoms with van der Waals surface area (Å²) in [4.78, 5) is 59.6. The van der Waals surface area contributed by atoms with Crippen molar-refractivity contribution in [1.29, 1.82) is 0 Å². The van der Waals surface area contributed by atoms with E-state index in [-0.39, 0.29) is 17.3 Å². The summed E-state index contributed by atoms with van der Waals surface area (Å²) < 4.78 is 29.2. The number of nitrogens with two attached hydrogens (primary N) is 2. The highest BCUT2D eigenvalue weighted by Crippen LogP contribution is 2.35. The lowest BCUT2D eigenvalue weighted by Gasteiger charge is -2.10. The molecule has 0 fully saturated rings. The number of primary amides is 2. The van der Waals surface area contributed by atoms with Crippen LogP contribution in [0.2, 0.25) is 0 Å². The van der Waals surface area contributed by atoms with E-state index in [0.29, 0.717) is 62.9 Å². The highest BCUT2D eigenvalue weighted by Gasteiger charge is 2.17. The lowest BCUT2D eigenvalue weighted by atomic mass is 9.96. The minimum absolute atomic E-state index is 0.0122. The maximum atomic E-state index is 11.6. The number of ether oxygens (including phenoxy) is 1. The first-order chi connectivity index (χ1) is 36.5. The molecule has 0 saturated heterocycles. The van der Waals surface area contributed by atoms with E-state index in [1.54, 1.807) is 49.4 Å². The molecule has 0 spiro atoms. The van der Waals surface area contributed by atoms with Gasteiger partial charge in [0.05, 0.1) is 29.0 Å². The standard InChI is InChI=1S/C21H16N2O2.C11H9BrO3.C9H6BrNO2.C9H5BrO3.C7H5BrO2/c1-13-5-4-8-19(23-13)16-7-3-2-6-15(16)14-9-10-20-17(11-14)18(12-25-20)21(22)24;1-2-14-11(13)9-6-15-10-4-3-7(12)5-8(9)10;2*10-5-1-2-8-6(3-5)7(4-13-8)9(11)12;8-6-1-2-7(10)5(3-6)4-9/h2-12H,1H3,(H2,22,24);3-6H,2H2,1H3;1-4H,(H2,11,12);1-4H,(H,11,12);1-4,10H. The number of aryl methyl sites for hydroxylation is 1. The molecule has 6 N–H and O–H groups in total. The number of phenolic OH excluding ortho intramolecular Hbond substituents is 1. The number of phenols is 1. The number of aromatic nitrogens is 1. The number of carboxylic acid groups (broad SMARTS) is 1. The van der Waals surface area contributed by atoms with E-state index in [9.17, 15) is 24.0 Å². The van der Waals surface area contributed by atoms with Gasteiger partial charge in [-0.15, -0.1) is 0 Å². The average molecular weight is 1280 g/mol. The molecule has 0 aliphatic rings. The van der Waals surface area contributed by atoms with Gasteiger partial charge in [-0.1, -0.05) is 100 Å². The Morgan fingerprint density at radius 3 is 1.50 bits per heavy atom. The fourth-order valence-corrected chi connectivity index (χ4v) is 8.85. The molecular formula is C57H41Br4N3O12. The van der Waals surface area contributed by atoms with E-state index in [1.165, 1.54) is 31.1 Å². The van der Waals surface area contributed by atoms with Crippen molar-refractivity contribution >= 4 is 138 Å². The second-order valence-electron chi connectivity index (χ2n) is 16.0. The second-order valence-corrected chi connectivity index (χ2v) is 19.7. The van der Waals surface area contributed by atoms with Gasteiger partial charge < -0.3 is 44.1 Å². The molecule has 76 heavy (non-hydrogen) atoms. The Kier molecular flexibility index (Phi) is 18.6. The Balaban J connectivity index is 0.000000144. The van der Waals surface area contributed by atoms with Crippen molar-refractivity contribution in [3.63, 3.8) is 0 Å². The molecule has 0 aliphatic heterocycles. The number of carbonyl (C=O) groups is 5. The number of esters is 1. The summed E-state index contributed by atoms with van der Waals surface area (Å²) >= 11 is 13.1. The van der Waals surface area contributed by atoms with Gasteiger partial charge in [-0.2, -0.15) is 0 Å². The van der Waals surface area contributed by atoms with Crippen molar-refractivity contribution < 1.29 is 56.6 Å². The molecule has 15 nitrogen and oxygen atoms in total. The number of pyridine rings is 1. The van der Waals surface area contributed by atoms with Crippen LogP contribution in [0.4, 0.5) is 0 Å². The SMILES string of the molecule is CCOC(=O)c1coc2ccc(Br)cc12.Cc1cccc(-c2ccccc2-c2ccc3occ(C(N)=O)c3c2)n1.NC(=O)c1coc2ccc(Br)cc12.O=C(O)c1coc2ccc(Br)cc12.O=Cc1cc(Br)ccc1O. The van der Waals surface area contributed by atoms with Gasteiger partial charge in [-0.3, -0.25) is 19.4 Å². The normalized spacial score (nSPS) is 10.5. The third-order valence-corrected chi connectivity index (χ3v) is 12.9. The van der Waals surface area contributed by atoms with Crippen molar-refractivity contribution in [2.24, 2.45) is 11.5 Å². The molecule has 6 aromatic carbocycles. The third kappa shape index (κ3) is 13.6. The van der Waals surface area contributed by atoms with Crippen LogP contribution < -0.4 is 11.5 Å². The van der Waals surface area contributed by atoms with Crippen LogP contribution in [-0.4, -0.2) is 51.8 Å². The topological polar surface area (TPSA) is 253 Å². The Morgan fingerprint density at radius 1 is 0.566 bits per heavy atom. The zero-order valence-electron chi connectivity index (χ0n) is 39.9. The van der Waals surface area contributed by atoms with Gasteiger partial charge in [-0.25, -0.2) is 9.59 Å². The molecule has 0 bridgehead atoms. The van der Waals surface area contributed by atoms with Crippen LogP contribution in [0, 0.1) is 6.92 Å². The summed E-state index contributed by atoms with van der Waals surface area (Å²) in [5.74, 6) is -2.29. The maximum Gasteiger partial charge on any atom is 0.342 e. The molecule has 0 radical (unpaired) electrons. The van der Waals surface area contributed by atoms with Gasteiger partial charge in [0.25, 0.3) is 11.8 Å². The Bertz CT molecular complexity index is 3840. The van der Waals surface area contributed by atoms with Crippen LogP contribution in [0.5, 0.6) is 5.75 Å². The third-order valence-electron chi connectivity index (χ3n) is 11.0. The van der Waals surface area contributed by atoms with Crippen molar-refractivity contribution in [3.8, 4) is 28.1 Å². The van der Waals surface area contributed by atoms with E-state index in [1.807, 2.05) is 91.9 Å². The zero-order valence-corrected chi connectivity index (χ0v) is 46.2. The molecule has 11 rings (SSSR count). The van der Waals surface area contributed by atoms with Crippen LogP contribution in [0.3, 0.4) is 0 Å². The van der Waals surface area contributed by atoms with E-state index in [0.717, 1.165) is 62.1 Å². The zero-order chi connectivity index (χ0) is 54.6. The monoisotopic (exact) mass is 1270 g/mol. The number of fused-ring (bicyclic) bond motifs is 4. The highest BCUT2D eigenvalue weighted by atomic mass is 79.9. The molecule has 5 aromatic heterocycles.